The Kier molecular flexibility index (Phi) is 5.54. The number of fused-ring (bicyclic) bond motifs is 1. The molecule has 0 bridgehead atoms. The van der Waals surface area contributed by atoms with Crippen LogP contribution >= 0.6 is 0 Å². The molecule has 1 aliphatic rings. The van der Waals surface area contributed by atoms with Crippen molar-refractivity contribution in [1.82, 2.24) is 5.32 Å². The highest BCUT2D eigenvalue weighted by atomic mass is 16.6. The number of hydrogen-bond donors (Lipinski definition) is 2. The average Bonchev–Trinajstić information content (AvgIpc) is 2.68. The van der Waals surface area contributed by atoms with Gasteiger partial charge in [0, 0.05) is 12.6 Å². The van der Waals surface area contributed by atoms with E-state index in [0.29, 0.717) is 25.3 Å². The molecule has 2 aromatic rings. The number of aliphatic hydroxyl groups excluding tert-OH is 1. The van der Waals surface area contributed by atoms with Gasteiger partial charge in [0.25, 0.3) is 0 Å². The third-order valence-electron chi connectivity index (χ3n) is 4.36. The second-order valence-electron chi connectivity index (χ2n) is 6.02. The molecular weight excluding hydrogens is 316 g/mol. The summed E-state index contributed by atoms with van der Waals surface area (Å²) in [4.78, 5) is 0. The third-order valence-corrected chi connectivity index (χ3v) is 4.36. The molecule has 0 spiro atoms. The van der Waals surface area contributed by atoms with E-state index >= 15 is 0 Å². The summed E-state index contributed by atoms with van der Waals surface area (Å²) in [6, 6.07) is 15.2. The van der Waals surface area contributed by atoms with Crippen molar-refractivity contribution >= 4 is 0 Å². The van der Waals surface area contributed by atoms with Gasteiger partial charge in [0.1, 0.15) is 13.2 Å². The van der Waals surface area contributed by atoms with Gasteiger partial charge >= 0.3 is 0 Å². The van der Waals surface area contributed by atoms with Gasteiger partial charge in [-0.3, -0.25) is 0 Å². The fourth-order valence-corrected chi connectivity index (χ4v) is 2.93. The van der Waals surface area contributed by atoms with E-state index in [9.17, 15) is 5.11 Å². The van der Waals surface area contributed by atoms with Crippen LogP contribution in [0.2, 0.25) is 0 Å². The zero-order valence-corrected chi connectivity index (χ0v) is 14.2. The van der Waals surface area contributed by atoms with Crippen LogP contribution in [-0.4, -0.2) is 24.9 Å². The van der Waals surface area contributed by atoms with E-state index in [0.717, 1.165) is 29.0 Å². The van der Waals surface area contributed by atoms with E-state index < -0.39 is 6.10 Å². The van der Waals surface area contributed by atoms with Gasteiger partial charge in [-0.2, -0.15) is 5.26 Å². The molecule has 0 amide bonds. The Balaban J connectivity index is 1.64. The quantitative estimate of drug-likeness (QED) is 0.846. The van der Waals surface area contributed by atoms with Crippen LogP contribution in [0.15, 0.2) is 42.5 Å². The number of hydrogen-bond acceptors (Lipinski definition) is 5. The van der Waals surface area contributed by atoms with Gasteiger partial charge in [-0.05, 0) is 41.8 Å². The van der Waals surface area contributed by atoms with Crippen molar-refractivity contribution in [3.05, 3.63) is 59.2 Å². The third kappa shape index (κ3) is 4.11. The molecule has 25 heavy (non-hydrogen) atoms. The fraction of sp³-hybridized carbons (Fsp3) is 0.350. The lowest BCUT2D eigenvalue weighted by molar-refractivity contribution is 0.167. The standard InChI is InChI=1S/C20H22N2O3/c1-2-17(16-7-8-19-20(11-16)25-10-9-24-19)22-13-18(23)15-5-3-14(12-21)4-6-15/h3-8,11,17-18,22-23H,2,9-10,13H2,1H3/t17-,18+/m1/s1. The Morgan fingerprint density at radius 3 is 2.44 bits per heavy atom. The SMILES string of the molecule is CC[C@@H](NC[C@H](O)c1ccc(C#N)cc1)c1ccc2c(c1)OCCO2. The number of benzene rings is 2. The summed E-state index contributed by atoms with van der Waals surface area (Å²) in [6.45, 7) is 3.68. The minimum Gasteiger partial charge on any atom is -0.486 e. The Hall–Kier alpha value is -2.55. The minimum atomic E-state index is -0.626. The van der Waals surface area contributed by atoms with E-state index in [1.54, 1.807) is 24.3 Å². The number of nitriles is 1. The molecule has 2 aromatic carbocycles. The molecule has 0 fully saturated rings. The second kappa shape index (κ2) is 8.02. The summed E-state index contributed by atoms with van der Waals surface area (Å²) in [5.74, 6) is 1.55. The lowest BCUT2D eigenvalue weighted by Crippen LogP contribution is -2.26. The summed E-state index contributed by atoms with van der Waals surface area (Å²) in [6.07, 6.45) is 0.263. The maximum Gasteiger partial charge on any atom is 0.161 e. The summed E-state index contributed by atoms with van der Waals surface area (Å²) >= 11 is 0. The van der Waals surface area contributed by atoms with E-state index in [-0.39, 0.29) is 6.04 Å². The molecule has 0 saturated heterocycles. The van der Waals surface area contributed by atoms with Gasteiger partial charge in [-0.15, -0.1) is 0 Å². The second-order valence-corrected chi connectivity index (χ2v) is 6.02. The molecule has 2 N–H and O–H groups in total. The lowest BCUT2D eigenvalue weighted by Gasteiger charge is -2.23. The summed E-state index contributed by atoms with van der Waals surface area (Å²) < 4.78 is 11.2. The molecule has 0 unspecified atom stereocenters. The maximum atomic E-state index is 10.4. The number of nitrogens with one attached hydrogen (secondary N) is 1. The highest BCUT2D eigenvalue weighted by molar-refractivity contribution is 5.44. The molecule has 0 aliphatic carbocycles. The molecule has 1 aliphatic heterocycles. The van der Waals surface area contributed by atoms with Crippen molar-refractivity contribution in [3.8, 4) is 17.6 Å². The molecule has 3 rings (SSSR count). The van der Waals surface area contributed by atoms with Crippen LogP contribution in [0.1, 0.15) is 42.2 Å². The van der Waals surface area contributed by atoms with Gasteiger partial charge in [0.05, 0.1) is 17.7 Å². The van der Waals surface area contributed by atoms with Crippen LogP contribution in [0.5, 0.6) is 11.5 Å². The first-order valence-corrected chi connectivity index (χ1v) is 8.52. The first kappa shape index (κ1) is 17.3. The highest BCUT2D eigenvalue weighted by Gasteiger charge is 2.17. The first-order valence-electron chi connectivity index (χ1n) is 8.52. The Bertz CT molecular complexity index is 753. The van der Waals surface area contributed by atoms with E-state index in [1.807, 2.05) is 18.2 Å². The molecule has 0 radical (unpaired) electrons. The largest absolute Gasteiger partial charge is 0.486 e. The predicted octanol–water partition coefficient (Wildman–Crippen LogP) is 3.10. The average molecular weight is 338 g/mol. The van der Waals surface area contributed by atoms with Crippen LogP contribution in [0.3, 0.4) is 0 Å². The van der Waals surface area contributed by atoms with Gasteiger partial charge in [0.15, 0.2) is 11.5 Å². The van der Waals surface area contributed by atoms with E-state index in [2.05, 4.69) is 18.3 Å². The minimum absolute atomic E-state index is 0.115. The van der Waals surface area contributed by atoms with Crippen molar-refractivity contribution in [2.24, 2.45) is 0 Å². The maximum absolute atomic E-state index is 10.4. The molecule has 2 atom stereocenters. The number of nitrogens with zero attached hydrogens (tertiary/aromatic N) is 1. The number of aliphatic hydroxyl groups is 1. The number of rotatable bonds is 6. The van der Waals surface area contributed by atoms with Crippen molar-refractivity contribution in [1.29, 1.82) is 5.26 Å². The van der Waals surface area contributed by atoms with E-state index in [4.69, 9.17) is 14.7 Å². The Labute approximate surface area is 147 Å². The van der Waals surface area contributed by atoms with Crippen molar-refractivity contribution in [2.45, 2.75) is 25.5 Å². The Morgan fingerprint density at radius 1 is 1.08 bits per heavy atom. The molecule has 5 nitrogen and oxygen atoms in total. The molecule has 1 heterocycles. The molecule has 5 heteroatoms. The molecule has 0 saturated carbocycles. The van der Waals surface area contributed by atoms with E-state index in [1.165, 1.54) is 0 Å². The van der Waals surface area contributed by atoms with Gasteiger partial charge in [-0.25, -0.2) is 0 Å². The van der Waals surface area contributed by atoms with Crippen LogP contribution in [0, 0.1) is 11.3 Å². The normalized spacial score (nSPS) is 15.2. The van der Waals surface area contributed by atoms with Crippen molar-refractivity contribution in [2.75, 3.05) is 19.8 Å². The summed E-state index contributed by atoms with van der Waals surface area (Å²) in [7, 11) is 0. The topological polar surface area (TPSA) is 74.5 Å². The van der Waals surface area contributed by atoms with Crippen molar-refractivity contribution in [3.63, 3.8) is 0 Å². The molecule has 0 aromatic heterocycles. The predicted molar refractivity (Wildman–Crippen MR) is 94.6 cm³/mol. The first-order chi connectivity index (χ1) is 12.2. The molecule has 130 valence electrons. The van der Waals surface area contributed by atoms with Crippen LogP contribution in [0.4, 0.5) is 0 Å². The van der Waals surface area contributed by atoms with Crippen LogP contribution in [-0.2, 0) is 0 Å². The van der Waals surface area contributed by atoms with Gasteiger partial charge in [-0.1, -0.05) is 25.1 Å². The summed E-state index contributed by atoms with van der Waals surface area (Å²) in [5.41, 5.74) is 2.49. The summed E-state index contributed by atoms with van der Waals surface area (Å²) in [5, 5.41) is 22.6. The fourth-order valence-electron chi connectivity index (χ4n) is 2.93. The van der Waals surface area contributed by atoms with Crippen LogP contribution < -0.4 is 14.8 Å². The Morgan fingerprint density at radius 2 is 1.76 bits per heavy atom. The zero-order valence-electron chi connectivity index (χ0n) is 14.2. The van der Waals surface area contributed by atoms with Crippen molar-refractivity contribution < 1.29 is 14.6 Å². The van der Waals surface area contributed by atoms with Gasteiger partial charge < -0.3 is 19.9 Å². The van der Waals surface area contributed by atoms with Crippen LogP contribution in [0.25, 0.3) is 0 Å². The molecular formula is C20H22N2O3. The van der Waals surface area contributed by atoms with Gasteiger partial charge in [0.2, 0.25) is 0 Å². The highest BCUT2D eigenvalue weighted by Crippen LogP contribution is 2.33. The number of ether oxygens (including phenoxy) is 2. The lowest BCUT2D eigenvalue weighted by atomic mass is 10.0. The smallest absolute Gasteiger partial charge is 0.161 e. The monoisotopic (exact) mass is 338 g/mol. The zero-order chi connectivity index (χ0) is 17.6.